The second-order valence-electron chi connectivity index (χ2n) is 5.64. The van der Waals surface area contributed by atoms with E-state index in [9.17, 15) is 0 Å². The van der Waals surface area contributed by atoms with Gasteiger partial charge in [0.05, 0.1) is 6.20 Å². The van der Waals surface area contributed by atoms with Crippen molar-refractivity contribution in [1.29, 1.82) is 0 Å². The van der Waals surface area contributed by atoms with E-state index >= 15 is 0 Å². The van der Waals surface area contributed by atoms with Gasteiger partial charge in [0.2, 0.25) is 0 Å². The third-order valence-corrected chi connectivity index (χ3v) is 4.19. The molecule has 1 aromatic rings. The van der Waals surface area contributed by atoms with Crippen LogP contribution in [0.2, 0.25) is 0 Å². The Hall–Kier alpha value is -0.870. The lowest BCUT2D eigenvalue weighted by molar-refractivity contribution is 0.143. The highest BCUT2D eigenvalue weighted by molar-refractivity contribution is 5.03. The molecule has 1 heterocycles. The molecule has 0 spiro atoms. The number of aromatic nitrogens is 2. The minimum absolute atomic E-state index is 0.519. The molecule has 102 valence electrons. The average molecular weight is 250 g/mol. The van der Waals surface area contributed by atoms with Crippen LogP contribution in [0, 0.1) is 5.92 Å². The molecular formula is C14H26N4. The number of rotatable bonds is 5. The van der Waals surface area contributed by atoms with Crippen LogP contribution in [-0.4, -0.2) is 34.3 Å². The maximum absolute atomic E-state index is 6.00. The summed E-state index contributed by atoms with van der Waals surface area (Å²) >= 11 is 0. The van der Waals surface area contributed by atoms with Gasteiger partial charge in [-0.2, -0.15) is 5.10 Å². The first-order valence-corrected chi connectivity index (χ1v) is 7.08. The summed E-state index contributed by atoms with van der Waals surface area (Å²) in [6.45, 7) is 1.72. The van der Waals surface area contributed by atoms with Crippen molar-refractivity contribution in [3.63, 3.8) is 0 Å². The Morgan fingerprint density at radius 3 is 2.72 bits per heavy atom. The first-order valence-electron chi connectivity index (χ1n) is 7.08. The lowest BCUT2D eigenvalue weighted by atomic mass is 9.83. The molecule has 1 aliphatic rings. The lowest BCUT2D eigenvalue weighted by Crippen LogP contribution is -2.43. The van der Waals surface area contributed by atoms with E-state index in [-0.39, 0.29) is 0 Å². The van der Waals surface area contributed by atoms with E-state index in [1.165, 1.54) is 37.7 Å². The van der Waals surface area contributed by atoms with E-state index in [2.05, 4.69) is 23.2 Å². The maximum Gasteiger partial charge on any atom is 0.0534 e. The molecule has 18 heavy (non-hydrogen) atoms. The summed E-state index contributed by atoms with van der Waals surface area (Å²) in [5.74, 6) is 0.783. The van der Waals surface area contributed by atoms with Crippen molar-refractivity contribution in [2.45, 2.75) is 44.7 Å². The highest BCUT2D eigenvalue weighted by atomic mass is 15.2. The summed E-state index contributed by atoms with van der Waals surface area (Å²) in [4.78, 5) is 2.41. The molecule has 1 unspecified atom stereocenters. The van der Waals surface area contributed by atoms with Crippen LogP contribution in [0.25, 0.3) is 0 Å². The molecule has 4 heteroatoms. The van der Waals surface area contributed by atoms with Gasteiger partial charge in [0.25, 0.3) is 0 Å². The molecule has 0 saturated heterocycles. The maximum atomic E-state index is 6.00. The molecule has 1 fully saturated rings. The van der Waals surface area contributed by atoms with Crippen molar-refractivity contribution >= 4 is 0 Å². The summed E-state index contributed by atoms with van der Waals surface area (Å²) < 4.78 is 1.86. The molecule has 1 atom stereocenters. The van der Waals surface area contributed by atoms with E-state index in [4.69, 9.17) is 5.73 Å². The molecule has 2 N–H and O–H groups in total. The van der Waals surface area contributed by atoms with Crippen molar-refractivity contribution < 1.29 is 0 Å². The molecular weight excluding hydrogens is 224 g/mol. The van der Waals surface area contributed by atoms with Crippen LogP contribution in [0.15, 0.2) is 12.4 Å². The van der Waals surface area contributed by atoms with E-state index < -0.39 is 0 Å². The molecule has 0 bridgehead atoms. The summed E-state index contributed by atoms with van der Waals surface area (Å²) in [7, 11) is 4.16. The van der Waals surface area contributed by atoms with Crippen LogP contribution in [-0.2, 0) is 13.6 Å². The Morgan fingerprint density at radius 2 is 2.17 bits per heavy atom. The van der Waals surface area contributed by atoms with Crippen molar-refractivity contribution in [1.82, 2.24) is 14.7 Å². The Labute approximate surface area is 110 Å². The zero-order valence-electron chi connectivity index (χ0n) is 11.7. The SMILES string of the molecule is CN(Cc1cnn(C)c1)C(CN)C1CCCCC1. The Kier molecular flexibility index (Phi) is 4.78. The normalized spacial score (nSPS) is 19.3. The van der Waals surface area contributed by atoms with E-state index in [1.54, 1.807) is 0 Å². The van der Waals surface area contributed by atoms with E-state index in [0.717, 1.165) is 19.0 Å². The zero-order valence-corrected chi connectivity index (χ0v) is 11.7. The van der Waals surface area contributed by atoms with Crippen molar-refractivity contribution in [2.75, 3.05) is 13.6 Å². The van der Waals surface area contributed by atoms with Crippen LogP contribution in [0.1, 0.15) is 37.7 Å². The second kappa shape index (κ2) is 6.34. The third kappa shape index (κ3) is 3.33. The van der Waals surface area contributed by atoms with Gasteiger partial charge >= 0.3 is 0 Å². The molecule has 0 aromatic carbocycles. The van der Waals surface area contributed by atoms with Crippen LogP contribution < -0.4 is 5.73 Å². The van der Waals surface area contributed by atoms with Crippen molar-refractivity contribution in [2.24, 2.45) is 18.7 Å². The highest BCUT2D eigenvalue weighted by Crippen LogP contribution is 2.28. The number of hydrogen-bond donors (Lipinski definition) is 1. The van der Waals surface area contributed by atoms with Gasteiger partial charge in [-0.3, -0.25) is 9.58 Å². The van der Waals surface area contributed by atoms with Gasteiger partial charge in [-0.05, 0) is 25.8 Å². The first kappa shape index (κ1) is 13.6. The summed E-state index contributed by atoms with van der Waals surface area (Å²) in [5, 5.41) is 4.23. The van der Waals surface area contributed by atoms with Crippen molar-refractivity contribution in [3.05, 3.63) is 18.0 Å². The van der Waals surface area contributed by atoms with Crippen LogP contribution >= 0.6 is 0 Å². The number of hydrogen-bond acceptors (Lipinski definition) is 3. The molecule has 0 aliphatic heterocycles. The largest absolute Gasteiger partial charge is 0.329 e. The second-order valence-corrected chi connectivity index (χ2v) is 5.64. The molecule has 1 saturated carbocycles. The van der Waals surface area contributed by atoms with Crippen LogP contribution in [0.4, 0.5) is 0 Å². The minimum Gasteiger partial charge on any atom is -0.329 e. The smallest absolute Gasteiger partial charge is 0.0534 e. The fraction of sp³-hybridized carbons (Fsp3) is 0.786. The number of likely N-dealkylation sites (N-methyl/N-ethyl adjacent to an activating group) is 1. The monoisotopic (exact) mass is 250 g/mol. The van der Waals surface area contributed by atoms with Gasteiger partial charge in [0.1, 0.15) is 0 Å². The summed E-state index contributed by atoms with van der Waals surface area (Å²) in [5.41, 5.74) is 7.27. The lowest BCUT2D eigenvalue weighted by Gasteiger charge is -2.35. The molecule has 1 aromatic heterocycles. The van der Waals surface area contributed by atoms with E-state index in [1.807, 2.05) is 17.9 Å². The van der Waals surface area contributed by atoms with Gasteiger partial charge in [0, 0.05) is 37.9 Å². The molecule has 4 nitrogen and oxygen atoms in total. The highest BCUT2D eigenvalue weighted by Gasteiger charge is 2.25. The first-order chi connectivity index (χ1) is 8.70. The Balaban J connectivity index is 1.93. The molecule has 1 aliphatic carbocycles. The predicted octanol–water partition coefficient (Wildman–Crippen LogP) is 1.76. The number of nitrogens with zero attached hydrogens (tertiary/aromatic N) is 3. The van der Waals surface area contributed by atoms with Crippen LogP contribution in [0.5, 0.6) is 0 Å². The summed E-state index contributed by atoms with van der Waals surface area (Å²) in [6, 6.07) is 0.519. The standard InChI is InChI=1S/C14H26N4/c1-17(10-12-9-16-18(2)11-12)14(8-15)13-6-4-3-5-7-13/h9,11,13-14H,3-8,10,15H2,1-2H3. The van der Waals surface area contributed by atoms with Gasteiger partial charge in [-0.1, -0.05) is 19.3 Å². The molecule has 0 amide bonds. The topological polar surface area (TPSA) is 47.1 Å². The zero-order chi connectivity index (χ0) is 13.0. The Bertz CT molecular complexity index is 354. The number of nitrogens with two attached hydrogens (primary N) is 1. The van der Waals surface area contributed by atoms with Crippen molar-refractivity contribution in [3.8, 4) is 0 Å². The Morgan fingerprint density at radius 1 is 1.44 bits per heavy atom. The number of aryl methyl sites for hydroxylation is 1. The fourth-order valence-corrected chi connectivity index (χ4v) is 3.21. The predicted molar refractivity (Wildman–Crippen MR) is 74.1 cm³/mol. The third-order valence-electron chi connectivity index (χ3n) is 4.19. The van der Waals surface area contributed by atoms with Gasteiger partial charge in [0.15, 0.2) is 0 Å². The average Bonchev–Trinajstić information content (AvgIpc) is 2.77. The van der Waals surface area contributed by atoms with E-state index in [0.29, 0.717) is 6.04 Å². The van der Waals surface area contributed by atoms with Gasteiger partial charge in [-0.15, -0.1) is 0 Å². The quantitative estimate of drug-likeness (QED) is 0.866. The summed E-state index contributed by atoms with van der Waals surface area (Å²) in [6.07, 6.45) is 10.9. The molecule has 2 rings (SSSR count). The van der Waals surface area contributed by atoms with Gasteiger partial charge in [-0.25, -0.2) is 0 Å². The minimum atomic E-state index is 0.519. The molecule has 0 radical (unpaired) electrons. The van der Waals surface area contributed by atoms with Gasteiger partial charge < -0.3 is 5.73 Å². The fourth-order valence-electron chi connectivity index (χ4n) is 3.21. The van der Waals surface area contributed by atoms with Crippen LogP contribution in [0.3, 0.4) is 0 Å².